The highest BCUT2D eigenvalue weighted by Crippen LogP contribution is 2.20. The van der Waals surface area contributed by atoms with Crippen LogP contribution >= 0.6 is 0 Å². The van der Waals surface area contributed by atoms with Crippen molar-refractivity contribution >= 4 is 28.9 Å². The fraction of sp³-hybridized carbons (Fsp3) is 0.440. The normalized spacial score (nSPS) is 15.2. The second-order valence-corrected chi connectivity index (χ2v) is 7.96. The molecule has 2 amide bonds. The van der Waals surface area contributed by atoms with E-state index in [0.29, 0.717) is 30.2 Å². The van der Waals surface area contributed by atoms with Gasteiger partial charge in [0.25, 0.3) is 0 Å². The van der Waals surface area contributed by atoms with Crippen molar-refractivity contribution in [2.75, 3.05) is 35.7 Å². The lowest BCUT2D eigenvalue weighted by Crippen LogP contribution is -2.22. The fourth-order valence-corrected chi connectivity index (χ4v) is 3.48. The molecule has 1 atom stereocenters. The van der Waals surface area contributed by atoms with E-state index in [0.717, 1.165) is 44.4 Å². The van der Waals surface area contributed by atoms with Crippen LogP contribution in [0, 0.1) is 0 Å². The van der Waals surface area contributed by atoms with Gasteiger partial charge >= 0.3 is 0 Å². The maximum Gasteiger partial charge on any atom is 0.243 e. The molecule has 7 nitrogen and oxygen atoms in total. The molecule has 2 aromatic carbocycles. The van der Waals surface area contributed by atoms with Crippen LogP contribution < -0.4 is 20.7 Å². The minimum Gasteiger partial charge on any atom is -0.491 e. The lowest BCUT2D eigenvalue weighted by atomic mass is 10.2. The maximum absolute atomic E-state index is 12.4. The number of hydrogen-bond acceptors (Lipinski definition) is 5. The van der Waals surface area contributed by atoms with Crippen molar-refractivity contribution in [3.8, 4) is 5.75 Å². The molecule has 0 saturated carbocycles. The van der Waals surface area contributed by atoms with Gasteiger partial charge in [-0.15, -0.1) is 0 Å². The Labute approximate surface area is 189 Å². The standard InChI is InChI=1S/C25H33N3O4/c1-2-3-4-13-24(29)27-20-9-5-8-19(15-20)26-17-25(30)28-21-10-6-11-22(16-21)32-18-23-12-7-14-31-23/h5-6,8-11,15-16,23,26H,2-4,7,12-14,17-18H2,1H3,(H,27,29)(H,28,30). The molecule has 0 radical (unpaired) electrons. The number of unbranched alkanes of at least 4 members (excludes halogenated alkanes) is 2. The summed E-state index contributed by atoms with van der Waals surface area (Å²) in [5.41, 5.74) is 2.16. The molecule has 1 fully saturated rings. The molecule has 2 aromatic rings. The van der Waals surface area contributed by atoms with Crippen molar-refractivity contribution < 1.29 is 19.1 Å². The predicted octanol–water partition coefficient (Wildman–Crippen LogP) is 4.81. The molecule has 7 heteroatoms. The summed E-state index contributed by atoms with van der Waals surface area (Å²) in [4.78, 5) is 24.4. The second-order valence-electron chi connectivity index (χ2n) is 7.96. The van der Waals surface area contributed by atoms with Gasteiger partial charge in [0.1, 0.15) is 12.4 Å². The third-order valence-electron chi connectivity index (χ3n) is 5.18. The summed E-state index contributed by atoms with van der Waals surface area (Å²) in [5, 5.41) is 8.87. The molecule has 0 spiro atoms. The Bertz CT molecular complexity index is 881. The van der Waals surface area contributed by atoms with E-state index in [1.165, 1.54) is 0 Å². The van der Waals surface area contributed by atoms with Crippen LogP contribution in [0.3, 0.4) is 0 Å². The van der Waals surface area contributed by atoms with Crippen molar-refractivity contribution in [1.29, 1.82) is 0 Å². The zero-order valence-corrected chi connectivity index (χ0v) is 18.7. The van der Waals surface area contributed by atoms with Crippen LogP contribution in [-0.4, -0.2) is 37.7 Å². The highest BCUT2D eigenvalue weighted by Gasteiger charge is 2.16. The predicted molar refractivity (Wildman–Crippen MR) is 127 cm³/mol. The first-order valence-corrected chi connectivity index (χ1v) is 11.4. The van der Waals surface area contributed by atoms with Crippen molar-refractivity contribution in [1.82, 2.24) is 0 Å². The summed E-state index contributed by atoms with van der Waals surface area (Å²) < 4.78 is 11.4. The van der Waals surface area contributed by atoms with Crippen LogP contribution in [0.4, 0.5) is 17.1 Å². The summed E-state index contributed by atoms with van der Waals surface area (Å²) in [7, 11) is 0. The van der Waals surface area contributed by atoms with Gasteiger partial charge in [0, 0.05) is 36.2 Å². The van der Waals surface area contributed by atoms with Crippen molar-refractivity contribution in [2.24, 2.45) is 0 Å². The first-order chi connectivity index (χ1) is 15.6. The molecule has 172 valence electrons. The van der Waals surface area contributed by atoms with Gasteiger partial charge in [-0.3, -0.25) is 9.59 Å². The number of rotatable bonds is 12. The van der Waals surface area contributed by atoms with E-state index in [-0.39, 0.29) is 24.5 Å². The molecule has 1 aliphatic heterocycles. The lowest BCUT2D eigenvalue weighted by molar-refractivity contribution is -0.116. The van der Waals surface area contributed by atoms with Crippen LogP contribution in [0.15, 0.2) is 48.5 Å². The Morgan fingerprint density at radius 2 is 1.75 bits per heavy atom. The molecule has 1 heterocycles. The number of hydrogen-bond donors (Lipinski definition) is 3. The molecule has 1 saturated heterocycles. The quantitative estimate of drug-likeness (QED) is 0.413. The summed E-state index contributed by atoms with van der Waals surface area (Å²) in [6.07, 6.45) is 5.78. The van der Waals surface area contributed by atoms with Crippen LogP contribution in [0.5, 0.6) is 5.75 Å². The van der Waals surface area contributed by atoms with Gasteiger partial charge in [0.2, 0.25) is 11.8 Å². The highest BCUT2D eigenvalue weighted by atomic mass is 16.5. The number of nitrogens with one attached hydrogen (secondary N) is 3. The zero-order chi connectivity index (χ0) is 22.6. The third-order valence-corrected chi connectivity index (χ3v) is 5.18. The molecule has 0 aliphatic carbocycles. The molecular formula is C25H33N3O4. The number of anilines is 3. The molecule has 0 aromatic heterocycles. The van der Waals surface area contributed by atoms with Crippen LogP contribution in [0.1, 0.15) is 45.4 Å². The van der Waals surface area contributed by atoms with E-state index in [4.69, 9.17) is 9.47 Å². The molecular weight excluding hydrogens is 406 g/mol. The summed E-state index contributed by atoms with van der Waals surface area (Å²) in [6.45, 7) is 3.53. The third kappa shape index (κ3) is 8.23. The molecule has 3 rings (SSSR count). The Hall–Kier alpha value is -3.06. The molecule has 1 unspecified atom stereocenters. The van der Waals surface area contributed by atoms with Gasteiger partial charge in [0.15, 0.2) is 0 Å². The van der Waals surface area contributed by atoms with Crippen molar-refractivity contribution in [3.05, 3.63) is 48.5 Å². The minimum atomic E-state index is -0.171. The monoisotopic (exact) mass is 439 g/mol. The van der Waals surface area contributed by atoms with Crippen molar-refractivity contribution in [2.45, 2.75) is 51.6 Å². The van der Waals surface area contributed by atoms with E-state index < -0.39 is 0 Å². The topological polar surface area (TPSA) is 88.7 Å². The number of benzene rings is 2. The molecule has 0 bridgehead atoms. The molecule has 1 aliphatic rings. The first kappa shape index (κ1) is 23.6. The van der Waals surface area contributed by atoms with E-state index in [1.54, 1.807) is 0 Å². The summed E-state index contributed by atoms with van der Waals surface area (Å²) in [6, 6.07) is 14.7. The second kappa shape index (κ2) is 12.7. The molecule has 32 heavy (non-hydrogen) atoms. The van der Waals surface area contributed by atoms with Crippen LogP contribution in [-0.2, 0) is 14.3 Å². The Kier molecular flexibility index (Phi) is 9.37. The number of ether oxygens (including phenoxy) is 2. The zero-order valence-electron chi connectivity index (χ0n) is 18.7. The van der Waals surface area contributed by atoms with Crippen LogP contribution in [0.2, 0.25) is 0 Å². The Morgan fingerprint density at radius 1 is 1.00 bits per heavy atom. The van der Waals surface area contributed by atoms with E-state index >= 15 is 0 Å². The number of amides is 2. The smallest absolute Gasteiger partial charge is 0.243 e. The average molecular weight is 440 g/mol. The maximum atomic E-state index is 12.4. The van der Waals surface area contributed by atoms with Gasteiger partial charge in [-0.05, 0) is 49.6 Å². The van der Waals surface area contributed by atoms with Gasteiger partial charge < -0.3 is 25.4 Å². The minimum absolute atomic E-state index is 0.00920. The molecule has 3 N–H and O–H groups in total. The SMILES string of the molecule is CCCCCC(=O)Nc1cccc(NCC(=O)Nc2cccc(OCC3CCCO3)c2)c1. The van der Waals surface area contributed by atoms with E-state index in [2.05, 4.69) is 22.9 Å². The van der Waals surface area contributed by atoms with Gasteiger partial charge in [-0.1, -0.05) is 31.9 Å². The highest BCUT2D eigenvalue weighted by molar-refractivity contribution is 5.94. The Balaban J connectivity index is 1.43. The summed E-state index contributed by atoms with van der Waals surface area (Å²) >= 11 is 0. The van der Waals surface area contributed by atoms with E-state index in [1.807, 2.05) is 48.5 Å². The van der Waals surface area contributed by atoms with Crippen LogP contribution in [0.25, 0.3) is 0 Å². The first-order valence-electron chi connectivity index (χ1n) is 11.4. The van der Waals surface area contributed by atoms with Crippen molar-refractivity contribution in [3.63, 3.8) is 0 Å². The van der Waals surface area contributed by atoms with E-state index in [9.17, 15) is 9.59 Å². The number of carbonyl (C=O) groups excluding carboxylic acids is 2. The van der Waals surface area contributed by atoms with Gasteiger partial charge in [-0.25, -0.2) is 0 Å². The summed E-state index contributed by atoms with van der Waals surface area (Å²) in [5.74, 6) is 0.541. The van der Waals surface area contributed by atoms with Gasteiger partial charge in [0.05, 0.1) is 12.6 Å². The number of carbonyl (C=O) groups is 2. The Morgan fingerprint density at radius 3 is 2.53 bits per heavy atom. The fourth-order valence-electron chi connectivity index (χ4n) is 3.48. The largest absolute Gasteiger partial charge is 0.491 e. The average Bonchev–Trinajstić information content (AvgIpc) is 3.31. The lowest BCUT2D eigenvalue weighted by Gasteiger charge is -2.13. The van der Waals surface area contributed by atoms with Gasteiger partial charge in [-0.2, -0.15) is 0 Å².